The summed E-state index contributed by atoms with van der Waals surface area (Å²) in [4.78, 5) is 11.4. The summed E-state index contributed by atoms with van der Waals surface area (Å²) in [7, 11) is 0. The van der Waals surface area contributed by atoms with Gasteiger partial charge in [-0.2, -0.15) is 13.2 Å². The van der Waals surface area contributed by atoms with Crippen molar-refractivity contribution in [1.82, 2.24) is 0 Å². The second-order valence-corrected chi connectivity index (χ2v) is 7.09. The molecule has 0 spiro atoms. The normalized spacial score (nSPS) is 13.1. The van der Waals surface area contributed by atoms with Crippen LogP contribution >= 0.6 is 35.0 Å². The van der Waals surface area contributed by atoms with E-state index >= 15 is 0 Å². The number of carbonyl (C=O) groups is 1. The van der Waals surface area contributed by atoms with Crippen LogP contribution in [0.4, 0.5) is 17.6 Å². The number of carboxylic acid groups (broad SMARTS) is 1. The van der Waals surface area contributed by atoms with Gasteiger partial charge in [-0.1, -0.05) is 47.5 Å². The topological polar surface area (TPSA) is 40.1 Å². The molecule has 144 valence electrons. The third-order valence-electron chi connectivity index (χ3n) is 3.64. The van der Waals surface area contributed by atoms with Gasteiger partial charge in [-0.3, -0.25) is 0 Å². The molecule has 2 aromatic carbocycles. The fourth-order valence-corrected chi connectivity index (χ4v) is 3.48. The fraction of sp³-hybridized carbons (Fsp3) is 0.167. The summed E-state index contributed by atoms with van der Waals surface area (Å²) in [6, 6.07) is 5.80. The summed E-state index contributed by atoms with van der Waals surface area (Å²) in [6.45, 7) is 0. The van der Waals surface area contributed by atoms with E-state index in [1.807, 2.05) is 0 Å². The number of thioether (sulfide) groups is 1. The second-order valence-electron chi connectivity index (χ2n) is 5.42. The molecule has 1 unspecified atom stereocenters. The van der Waals surface area contributed by atoms with Crippen molar-refractivity contribution in [3.63, 3.8) is 0 Å². The lowest BCUT2D eigenvalue weighted by atomic mass is 9.97. The van der Waals surface area contributed by atoms with Gasteiger partial charge >= 0.3 is 6.18 Å². The quantitative estimate of drug-likeness (QED) is 0.348. The number of carbonyl (C=O) groups excluding carboxylic acids is 1. The van der Waals surface area contributed by atoms with Gasteiger partial charge in [-0.05, 0) is 35.6 Å². The summed E-state index contributed by atoms with van der Waals surface area (Å²) in [5.74, 6) is -4.44. The summed E-state index contributed by atoms with van der Waals surface area (Å²) in [5.41, 5.74) is -0.00591. The van der Waals surface area contributed by atoms with E-state index in [4.69, 9.17) is 23.2 Å². The van der Waals surface area contributed by atoms with Crippen LogP contribution < -0.4 is 5.11 Å². The van der Waals surface area contributed by atoms with E-state index in [-0.39, 0.29) is 11.1 Å². The lowest BCUT2D eigenvalue weighted by molar-refractivity contribution is -0.255. The molecule has 1 atom stereocenters. The highest BCUT2D eigenvalue weighted by atomic mass is 35.5. The van der Waals surface area contributed by atoms with Gasteiger partial charge in [0.15, 0.2) is 5.82 Å². The van der Waals surface area contributed by atoms with Crippen LogP contribution in [0.15, 0.2) is 41.3 Å². The maximum Gasteiger partial charge on any atom is 0.399 e. The van der Waals surface area contributed by atoms with Crippen molar-refractivity contribution < 1.29 is 27.5 Å². The minimum absolute atomic E-state index is 0.0517. The smallest absolute Gasteiger partial charge is 0.399 e. The highest BCUT2D eigenvalue weighted by molar-refractivity contribution is 7.98. The number of carboxylic acids is 1. The molecule has 0 aliphatic rings. The highest BCUT2D eigenvalue weighted by Gasteiger charge is 2.39. The van der Waals surface area contributed by atoms with Crippen molar-refractivity contribution >= 4 is 47.0 Å². The molecule has 0 heterocycles. The minimum Gasteiger partial charge on any atom is -0.545 e. The number of allylic oxidation sites excluding steroid dienone is 1. The van der Waals surface area contributed by atoms with Crippen molar-refractivity contribution in [2.45, 2.75) is 17.0 Å². The molecule has 0 bridgehead atoms. The first-order valence-electron chi connectivity index (χ1n) is 7.33. The van der Waals surface area contributed by atoms with Crippen molar-refractivity contribution in [2.24, 2.45) is 0 Å². The molecule has 2 nitrogen and oxygen atoms in total. The van der Waals surface area contributed by atoms with E-state index < -0.39 is 33.9 Å². The van der Waals surface area contributed by atoms with Gasteiger partial charge in [0.05, 0.1) is 21.9 Å². The van der Waals surface area contributed by atoms with Gasteiger partial charge in [-0.25, -0.2) is 4.39 Å². The molecule has 0 amide bonds. The molecule has 0 saturated carbocycles. The molecule has 0 N–H and O–H groups in total. The standard InChI is InChI=1S/C18H12Cl2F4O2S/c1-27-15-6-9(2-4-11(15)17(25)26)3-5-12(18(22,23)24)10-7-13(19)16(21)14(20)8-10/h2-8,12H,1H3,(H,25,26)/p-1/b5-3+. The van der Waals surface area contributed by atoms with Crippen LogP contribution in [0.25, 0.3) is 6.08 Å². The Morgan fingerprint density at radius 2 is 1.78 bits per heavy atom. The lowest BCUT2D eigenvalue weighted by Crippen LogP contribution is -2.22. The van der Waals surface area contributed by atoms with Gasteiger partial charge < -0.3 is 9.90 Å². The Balaban J connectivity index is 2.45. The van der Waals surface area contributed by atoms with Crippen LogP contribution in [0.1, 0.15) is 27.4 Å². The number of alkyl halides is 3. The number of aromatic carboxylic acids is 1. The summed E-state index contributed by atoms with van der Waals surface area (Å²) in [5, 5.41) is 10.00. The van der Waals surface area contributed by atoms with Crippen molar-refractivity contribution in [3.05, 3.63) is 69.0 Å². The van der Waals surface area contributed by atoms with Gasteiger partial charge in [0.1, 0.15) is 0 Å². The Morgan fingerprint density at radius 1 is 1.19 bits per heavy atom. The molecule has 2 rings (SSSR count). The lowest BCUT2D eigenvalue weighted by Gasteiger charge is -2.18. The molecule has 0 saturated heterocycles. The van der Waals surface area contributed by atoms with Gasteiger partial charge in [0.2, 0.25) is 0 Å². The van der Waals surface area contributed by atoms with Crippen LogP contribution in [0.5, 0.6) is 0 Å². The zero-order chi connectivity index (χ0) is 20.4. The molecule has 9 heteroatoms. The van der Waals surface area contributed by atoms with Gasteiger partial charge in [0.25, 0.3) is 0 Å². The average molecular weight is 438 g/mol. The van der Waals surface area contributed by atoms with Crippen molar-refractivity contribution in [2.75, 3.05) is 6.26 Å². The molecule has 0 aliphatic carbocycles. The number of benzene rings is 2. The largest absolute Gasteiger partial charge is 0.545 e. The summed E-state index contributed by atoms with van der Waals surface area (Å²) >= 11 is 12.3. The van der Waals surface area contributed by atoms with Crippen LogP contribution in [0.2, 0.25) is 10.0 Å². The third kappa shape index (κ3) is 5.18. The Kier molecular flexibility index (Phi) is 6.83. The number of rotatable bonds is 5. The van der Waals surface area contributed by atoms with E-state index in [2.05, 4.69) is 0 Å². The maximum atomic E-state index is 13.5. The Morgan fingerprint density at radius 3 is 2.26 bits per heavy atom. The maximum absolute atomic E-state index is 13.5. The van der Waals surface area contributed by atoms with Gasteiger partial charge in [-0.15, -0.1) is 11.8 Å². The molecule has 27 heavy (non-hydrogen) atoms. The van der Waals surface area contributed by atoms with E-state index in [1.54, 1.807) is 6.26 Å². The van der Waals surface area contributed by atoms with Crippen LogP contribution in [0, 0.1) is 5.82 Å². The number of halogens is 6. The predicted molar refractivity (Wildman–Crippen MR) is 96.8 cm³/mol. The monoisotopic (exact) mass is 437 g/mol. The Labute approximate surface area is 166 Å². The summed E-state index contributed by atoms with van der Waals surface area (Å²) < 4.78 is 53.9. The molecular formula is C18H11Cl2F4O2S-. The van der Waals surface area contributed by atoms with Crippen LogP contribution in [-0.2, 0) is 0 Å². The molecule has 0 aromatic heterocycles. The van der Waals surface area contributed by atoms with E-state index in [0.29, 0.717) is 10.5 Å². The van der Waals surface area contributed by atoms with E-state index in [9.17, 15) is 27.5 Å². The highest BCUT2D eigenvalue weighted by Crippen LogP contribution is 2.39. The zero-order valence-electron chi connectivity index (χ0n) is 13.6. The molecule has 0 aliphatic heterocycles. The molecule has 0 radical (unpaired) electrons. The SMILES string of the molecule is CSc1cc(/C=C/C(c2cc(Cl)c(F)c(Cl)c2)C(F)(F)F)ccc1C(=O)[O-]. The fourth-order valence-electron chi connectivity index (χ4n) is 2.35. The first kappa shape index (κ1) is 21.6. The zero-order valence-corrected chi connectivity index (χ0v) is 15.9. The predicted octanol–water partition coefficient (Wildman–Crippen LogP) is 5.58. The molecular weight excluding hydrogens is 427 g/mol. The Hall–Kier alpha value is -1.70. The summed E-state index contributed by atoms with van der Waals surface area (Å²) in [6.07, 6.45) is -0.968. The Bertz CT molecular complexity index is 874. The first-order valence-corrected chi connectivity index (χ1v) is 9.31. The molecule has 2 aromatic rings. The second kappa shape index (κ2) is 8.54. The van der Waals surface area contributed by atoms with Gasteiger partial charge in [0, 0.05) is 10.5 Å². The van der Waals surface area contributed by atoms with Crippen molar-refractivity contribution in [3.8, 4) is 0 Å². The van der Waals surface area contributed by atoms with Crippen LogP contribution in [0.3, 0.4) is 0 Å². The van der Waals surface area contributed by atoms with Crippen LogP contribution in [-0.4, -0.2) is 18.4 Å². The average Bonchev–Trinajstić information content (AvgIpc) is 2.58. The third-order valence-corrected chi connectivity index (χ3v) is 4.97. The molecule has 0 fully saturated rings. The first-order chi connectivity index (χ1) is 12.5. The van der Waals surface area contributed by atoms with E-state index in [0.717, 1.165) is 30.0 Å². The van der Waals surface area contributed by atoms with E-state index in [1.165, 1.54) is 24.3 Å². The number of hydrogen-bond donors (Lipinski definition) is 0. The number of hydrogen-bond acceptors (Lipinski definition) is 3. The minimum atomic E-state index is -4.67. The van der Waals surface area contributed by atoms with Crippen molar-refractivity contribution in [1.29, 1.82) is 0 Å².